The van der Waals surface area contributed by atoms with Gasteiger partial charge in [0.1, 0.15) is 0 Å². The van der Waals surface area contributed by atoms with Crippen LogP contribution in [-0.2, 0) is 9.47 Å². The van der Waals surface area contributed by atoms with E-state index in [-0.39, 0.29) is 6.29 Å². The quantitative estimate of drug-likeness (QED) is 0.793. The minimum absolute atomic E-state index is 0.216. The Hall–Kier alpha value is 0.1000. The van der Waals surface area contributed by atoms with Crippen molar-refractivity contribution in [3.05, 3.63) is 32.7 Å². The molecule has 2 nitrogen and oxygen atoms in total. The Kier molecular flexibility index (Phi) is 3.03. The molecule has 1 aliphatic rings. The van der Waals surface area contributed by atoms with E-state index in [1.807, 2.05) is 18.2 Å². The van der Waals surface area contributed by atoms with Crippen LogP contribution in [0.2, 0.25) is 0 Å². The zero-order valence-electron chi connectivity index (χ0n) is 6.80. The maximum absolute atomic E-state index is 5.40. The molecule has 1 aliphatic heterocycles. The van der Waals surface area contributed by atoms with Crippen molar-refractivity contribution in [1.82, 2.24) is 0 Å². The van der Waals surface area contributed by atoms with Crippen LogP contribution in [0.5, 0.6) is 0 Å². The molecule has 1 saturated heterocycles. The molecule has 0 bridgehead atoms. The van der Waals surface area contributed by atoms with Crippen molar-refractivity contribution in [2.45, 2.75) is 6.29 Å². The topological polar surface area (TPSA) is 18.5 Å². The molecule has 1 fully saturated rings. The highest BCUT2D eigenvalue weighted by molar-refractivity contribution is 9.11. The molecule has 70 valence electrons. The van der Waals surface area contributed by atoms with Gasteiger partial charge in [-0.25, -0.2) is 0 Å². The van der Waals surface area contributed by atoms with Crippen LogP contribution in [0.15, 0.2) is 27.1 Å². The minimum Gasteiger partial charge on any atom is -0.346 e. The molecular weight excluding hydrogens is 300 g/mol. The van der Waals surface area contributed by atoms with Crippen LogP contribution in [0.1, 0.15) is 11.9 Å². The van der Waals surface area contributed by atoms with Crippen molar-refractivity contribution in [2.24, 2.45) is 0 Å². The third kappa shape index (κ3) is 2.13. The number of ether oxygens (including phenoxy) is 2. The van der Waals surface area contributed by atoms with Gasteiger partial charge in [0, 0.05) is 14.5 Å². The summed E-state index contributed by atoms with van der Waals surface area (Å²) in [6.45, 7) is 1.34. The van der Waals surface area contributed by atoms with Crippen molar-refractivity contribution in [3.8, 4) is 0 Å². The highest BCUT2D eigenvalue weighted by Gasteiger charge is 2.20. The molecule has 0 radical (unpaired) electrons. The summed E-state index contributed by atoms with van der Waals surface area (Å²) in [7, 11) is 0. The molecule has 1 aromatic carbocycles. The first-order valence-corrected chi connectivity index (χ1v) is 5.54. The Morgan fingerprint density at radius 1 is 1.15 bits per heavy atom. The van der Waals surface area contributed by atoms with Crippen LogP contribution in [0.25, 0.3) is 0 Å². The van der Waals surface area contributed by atoms with Gasteiger partial charge in [-0.1, -0.05) is 31.9 Å². The van der Waals surface area contributed by atoms with Gasteiger partial charge < -0.3 is 9.47 Å². The second-order valence-corrected chi connectivity index (χ2v) is 4.51. The van der Waals surface area contributed by atoms with Gasteiger partial charge in [-0.05, 0) is 18.2 Å². The molecule has 4 heteroatoms. The molecule has 0 aromatic heterocycles. The lowest BCUT2D eigenvalue weighted by Gasteiger charge is -2.11. The predicted molar refractivity (Wildman–Crippen MR) is 56.5 cm³/mol. The van der Waals surface area contributed by atoms with Crippen molar-refractivity contribution in [2.75, 3.05) is 13.2 Å². The number of halogens is 2. The van der Waals surface area contributed by atoms with E-state index in [1.54, 1.807) is 0 Å². The summed E-state index contributed by atoms with van der Waals surface area (Å²) in [6.07, 6.45) is -0.216. The first-order chi connectivity index (χ1) is 6.27. The van der Waals surface area contributed by atoms with Crippen LogP contribution < -0.4 is 0 Å². The zero-order chi connectivity index (χ0) is 9.26. The van der Waals surface area contributed by atoms with E-state index in [0.29, 0.717) is 13.2 Å². The van der Waals surface area contributed by atoms with E-state index < -0.39 is 0 Å². The Morgan fingerprint density at radius 2 is 1.85 bits per heavy atom. The van der Waals surface area contributed by atoms with Gasteiger partial charge in [-0.15, -0.1) is 0 Å². The summed E-state index contributed by atoms with van der Waals surface area (Å²) in [5.74, 6) is 0. The SMILES string of the molecule is Brc1ccc(Br)c(C2OCCO2)c1. The normalized spacial score (nSPS) is 18.0. The lowest BCUT2D eigenvalue weighted by Crippen LogP contribution is -1.98. The number of hydrogen-bond donors (Lipinski definition) is 0. The first kappa shape index (κ1) is 9.65. The van der Waals surface area contributed by atoms with Gasteiger partial charge in [-0.3, -0.25) is 0 Å². The number of hydrogen-bond acceptors (Lipinski definition) is 2. The molecule has 13 heavy (non-hydrogen) atoms. The summed E-state index contributed by atoms with van der Waals surface area (Å²) < 4.78 is 12.9. The molecule has 0 atom stereocenters. The summed E-state index contributed by atoms with van der Waals surface area (Å²) in [5, 5.41) is 0. The van der Waals surface area contributed by atoms with Gasteiger partial charge in [0.2, 0.25) is 0 Å². The first-order valence-electron chi connectivity index (χ1n) is 3.95. The predicted octanol–water partition coefficient (Wildman–Crippen LogP) is 3.26. The van der Waals surface area contributed by atoms with Crippen LogP contribution in [-0.4, -0.2) is 13.2 Å². The van der Waals surface area contributed by atoms with Gasteiger partial charge in [0.15, 0.2) is 6.29 Å². The smallest absolute Gasteiger partial charge is 0.185 e. The molecule has 2 rings (SSSR count). The van der Waals surface area contributed by atoms with E-state index in [9.17, 15) is 0 Å². The fourth-order valence-corrected chi connectivity index (χ4v) is 2.05. The second kappa shape index (κ2) is 4.09. The maximum Gasteiger partial charge on any atom is 0.185 e. The van der Waals surface area contributed by atoms with Crippen LogP contribution >= 0.6 is 31.9 Å². The Labute approximate surface area is 93.5 Å². The van der Waals surface area contributed by atoms with Gasteiger partial charge in [0.05, 0.1) is 13.2 Å². The van der Waals surface area contributed by atoms with Crippen LogP contribution in [0.3, 0.4) is 0 Å². The Bertz CT molecular complexity index is 308. The molecule has 0 aliphatic carbocycles. The Balaban J connectivity index is 2.32. The number of benzene rings is 1. The average Bonchev–Trinajstić information content (AvgIpc) is 2.61. The van der Waals surface area contributed by atoms with Crippen LogP contribution in [0, 0.1) is 0 Å². The van der Waals surface area contributed by atoms with Gasteiger partial charge >= 0.3 is 0 Å². The molecule has 0 amide bonds. The van der Waals surface area contributed by atoms with Crippen molar-refractivity contribution >= 4 is 31.9 Å². The second-order valence-electron chi connectivity index (χ2n) is 2.74. The summed E-state index contributed by atoms with van der Waals surface area (Å²) in [6, 6.07) is 5.95. The van der Waals surface area contributed by atoms with Crippen molar-refractivity contribution in [3.63, 3.8) is 0 Å². The zero-order valence-corrected chi connectivity index (χ0v) is 9.97. The van der Waals surface area contributed by atoms with E-state index in [4.69, 9.17) is 9.47 Å². The van der Waals surface area contributed by atoms with E-state index in [0.717, 1.165) is 14.5 Å². The van der Waals surface area contributed by atoms with E-state index in [1.165, 1.54) is 0 Å². The Morgan fingerprint density at radius 3 is 2.54 bits per heavy atom. The average molecular weight is 308 g/mol. The monoisotopic (exact) mass is 306 g/mol. The molecule has 0 N–H and O–H groups in total. The molecular formula is C9H8Br2O2. The maximum atomic E-state index is 5.40. The molecule has 0 unspecified atom stereocenters. The lowest BCUT2D eigenvalue weighted by molar-refractivity contribution is -0.0446. The fraction of sp³-hybridized carbons (Fsp3) is 0.333. The standard InChI is InChI=1S/C9H8Br2O2/c10-6-1-2-8(11)7(5-6)9-12-3-4-13-9/h1-2,5,9H,3-4H2. The third-order valence-corrected chi connectivity index (χ3v) is 3.05. The van der Waals surface area contributed by atoms with Crippen molar-refractivity contribution < 1.29 is 9.47 Å². The molecule has 1 heterocycles. The minimum atomic E-state index is -0.216. The fourth-order valence-electron chi connectivity index (χ4n) is 1.23. The summed E-state index contributed by atoms with van der Waals surface area (Å²) >= 11 is 6.87. The summed E-state index contributed by atoms with van der Waals surface area (Å²) in [5.41, 5.74) is 1.03. The highest BCUT2D eigenvalue weighted by Crippen LogP contribution is 2.31. The van der Waals surface area contributed by atoms with Gasteiger partial charge in [-0.2, -0.15) is 0 Å². The largest absolute Gasteiger partial charge is 0.346 e. The summed E-state index contributed by atoms with van der Waals surface area (Å²) in [4.78, 5) is 0. The lowest BCUT2D eigenvalue weighted by atomic mass is 10.2. The molecule has 1 aromatic rings. The molecule has 0 saturated carbocycles. The van der Waals surface area contributed by atoms with Gasteiger partial charge in [0.25, 0.3) is 0 Å². The number of rotatable bonds is 1. The highest BCUT2D eigenvalue weighted by atomic mass is 79.9. The van der Waals surface area contributed by atoms with E-state index >= 15 is 0 Å². The van der Waals surface area contributed by atoms with Crippen molar-refractivity contribution in [1.29, 1.82) is 0 Å². The van der Waals surface area contributed by atoms with Crippen LogP contribution in [0.4, 0.5) is 0 Å². The van der Waals surface area contributed by atoms with E-state index in [2.05, 4.69) is 31.9 Å². The third-order valence-electron chi connectivity index (χ3n) is 1.83. The molecule has 0 spiro atoms.